The average molecular weight is 410 g/mol. The molecule has 0 saturated carbocycles. The van der Waals surface area contributed by atoms with Gasteiger partial charge in [0.25, 0.3) is 0 Å². The highest BCUT2D eigenvalue weighted by Crippen LogP contribution is 2.24. The highest BCUT2D eigenvalue weighted by Gasteiger charge is 2.18. The Morgan fingerprint density at radius 1 is 1.46 bits per heavy atom. The van der Waals surface area contributed by atoms with E-state index in [0.717, 1.165) is 11.3 Å². The molecule has 0 bridgehead atoms. The van der Waals surface area contributed by atoms with Crippen LogP contribution < -0.4 is 11.1 Å². The molecule has 0 aliphatic carbocycles. The number of nitrogens with zero attached hydrogens (tertiary/aromatic N) is 3. The first-order valence-electron chi connectivity index (χ1n) is 8.40. The van der Waals surface area contributed by atoms with Gasteiger partial charge in [0, 0.05) is 6.04 Å². The van der Waals surface area contributed by atoms with Crippen molar-refractivity contribution < 1.29 is 17.9 Å². The van der Waals surface area contributed by atoms with Crippen LogP contribution in [-0.4, -0.2) is 33.9 Å². The molecular weight excluding hydrogens is 392 g/mol. The van der Waals surface area contributed by atoms with Crippen LogP contribution in [0.4, 0.5) is 14.6 Å². The number of nitrogens with one attached hydrogen (secondary N) is 1. The second-order valence-electron chi connectivity index (χ2n) is 5.91. The van der Waals surface area contributed by atoms with Gasteiger partial charge in [-0.05, 0) is 54.6 Å². The van der Waals surface area contributed by atoms with Gasteiger partial charge < -0.3 is 20.2 Å². The van der Waals surface area contributed by atoms with Crippen LogP contribution >= 0.6 is 11.6 Å². The van der Waals surface area contributed by atoms with Crippen LogP contribution in [-0.2, 0) is 17.7 Å². The molecule has 0 aliphatic heterocycles. The summed E-state index contributed by atoms with van der Waals surface area (Å²) in [5.41, 5.74) is 7.85. The zero-order valence-electron chi connectivity index (χ0n) is 15.0. The molecule has 0 amide bonds. The van der Waals surface area contributed by atoms with Crippen LogP contribution in [0, 0.1) is 11.8 Å². The predicted molar refractivity (Wildman–Crippen MR) is 100 cm³/mol. The van der Waals surface area contributed by atoms with Crippen molar-refractivity contribution in [3.05, 3.63) is 46.8 Å². The van der Waals surface area contributed by atoms with E-state index in [1.54, 1.807) is 23.8 Å². The van der Waals surface area contributed by atoms with E-state index in [2.05, 4.69) is 32.0 Å². The molecule has 0 fully saturated rings. The van der Waals surface area contributed by atoms with Gasteiger partial charge in [-0.25, -0.2) is 4.52 Å². The minimum atomic E-state index is -2.86. The fraction of sp³-hybridized carbons (Fsp3) is 0.333. The van der Waals surface area contributed by atoms with Crippen molar-refractivity contribution in [3.8, 4) is 11.8 Å². The molecule has 0 saturated heterocycles. The Hall–Kier alpha value is -2.67. The van der Waals surface area contributed by atoms with E-state index in [1.807, 2.05) is 12.1 Å². The summed E-state index contributed by atoms with van der Waals surface area (Å²) in [5.74, 6) is 6.99. The monoisotopic (exact) mass is 409 g/mol. The van der Waals surface area contributed by atoms with Gasteiger partial charge in [-0.3, -0.25) is 0 Å². The summed E-state index contributed by atoms with van der Waals surface area (Å²) < 4.78 is 35.7. The van der Waals surface area contributed by atoms with E-state index in [-0.39, 0.29) is 18.3 Å². The van der Waals surface area contributed by atoms with Gasteiger partial charge in [0.1, 0.15) is 17.0 Å². The van der Waals surface area contributed by atoms with Crippen molar-refractivity contribution in [2.45, 2.75) is 32.5 Å². The first-order valence-corrected chi connectivity index (χ1v) is 8.78. The molecule has 0 radical (unpaired) electrons. The largest absolute Gasteiger partial charge is 0.467 e. The number of halogens is 3. The number of fused-ring (bicyclic) bond motifs is 1. The molecule has 148 valence electrons. The molecule has 1 atom stereocenters. The van der Waals surface area contributed by atoms with E-state index in [4.69, 9.17) is 21.8 Å². The van der Waals surface area contributed by atoms with Gasteiger partial charge >= 0.3 is 6.61 Å². The lowest BCUT2D eigenvalue weighted by molar-refractivity contribution is -0.131. The summed E-state index contributed by atoms with van der Waals surface area (Å²) in [7, 11) is 0. The number of ether oxygens (including phenoxy) is 1. The number of aromatic nitrogens is 3. The minimum absolute atomic E-state index is 0.0288. The van der Waals surface area contributed by atoms with Crippen molar-refractivity contribution in [2.75, 3.05) is 11.9 Å². The Bertz CT molecular complexity index is 995. The van der Waals surface area contributed by atoms with Crippen molar-refractivity contribution in [2.24, 2.45) is 5.73 Å². The maximum Gasteiger partial charge on any atom is 0.345 e. The second-order valence-corrected chi connectivity index (χ2v) is 6.25. The third-order valence-electron chi connectivity index (χ3n) is 3.86. The van der Waals surface area contributed by atoms with Gasteiger partial charge in [-0.2, -0.15) is 13.8 Å². The molecule has 3 aromatic heterocycles. The Morgan fingerprint density at radius 2 is 2.29 bits per heavy atom. The lowest BCUT2D eigenvalue weighted by Gasteiger charge is -2.11. The van der Waals surface area contributed by atoms with Crippen LogP contribution in [0.15, 0.2) is 28.9 Å². The van der Waals surface area contributed by atoms with Crippen molar-refractivity contribution in [1.29, 1.82) is 0 Å². The molecule has 3 rings (SSSR count). The lowest BCUT2D eigenvalue weighted by Crippen LogP contribution is -2.29. The van der Waals surface area contributed by atoms with Crippen molar-refractivity contribution >= 4 is 22.9 Å². The first kappa shape index (κ1) is 20.1. The normalized spacial score (nSPS) is 12.2. The fourth-order valence-electron chi connectivity index (χ4n) is 2.74. The third kappa shape index (κ3) is 4.78. The van der Waals surface area contributed by atoms with Gasteiger partial charge in [0.2, 0.25) is 5.28 Å². The van der Waals surface area contributed by atoms with Crippen LogP contribution in [0.5, 0.6) is 0 Å². The number of alkyl halides is 2. The Balaban J connectivity index is 1.93. The molecule has 3 heterocycles. The maximum atomic E-state index is 12.2. The van der Waals surface area contributed by atoms with Gasteiger partial charge in [-0.1, -0.05) is 5.92 Å². The molecule has 3 N–H and O–H groups in total. The number of hydrogen-bond acceptors (Lipinski definition) is 6. The van der Waals surface area contributed by atoms with E-state index in [9.17, 15) is 8.78 Å². The third-order valence-corrected chi connectivity index (χ3v) is 4.02. The number of rotatable bonds is 8. The number of hydrogen-bond donors (Lipinski definition) is 2. The average Bonchev–Trinajstić information content (AvgIpc) is 3.27. The van der Waals surface area contributed by atoms with E-state index in [1.165, 1.54) is 0 Å². The molecule has 0 spiro atoms. The summed E-state index contributed by atoms with van der Waals surface area (Å²) in [6.07, 6.45) is 1.85. The fourth-order valence-corrected chi connectivity index (χ4v) is 2.90. The van der Waals surface area contributed by atoms with Gasteiger partial charge in [-0.15, -0.1) is 5.10 Å². The Labute approximate surface area is 164 Å². The molecule has 0 unspecified atom stereocenters. The summed E-state index contributed by atoms with van der Waals surface area (Å²) in [6.45, 7) is -1.07. The standard InChI is InChI=1S/C18H18ClF2N5O2/c1-2-4-14-11(7-12(22)10-28-18(20)21)8-15-16(24-17(19)25-26(14)15)23-9-13-5-3-6-27-13/h3,5-6,8,12,18H,7,9-10,22H2,1H3,(H,23,24,25)/t12-/m1/s1. The van der Waals surface area contributed by atoms with E-state index >= 15 is 0 Å². The predicted octanol–water partition coefficient (Wildman–Crippen LogP) is 3.07. The van der Waals surface area contributed by atoms with Crippen LogP contribution in [0.3, 0.4) is 0 Å². The van der Waals surface area contributed by atoms with Gasteiger partial charge in [0.05, 0.1) is 19.4 Å². The molecular formula is C18H18ClF2N5O2. The maximum absolute atomic E-state index is 12.2. The topological polar surface area (TPSA) is 90.6 Å². The van der Waals surface area contributed by atoms with E-state index in [0.29, 0.717) is 23.6 Å². The molecule has 28 heavy (non-hydrogen) atoms. The van der Waals surface area contributed by atoms with Crippen LogP contribution in [0.1, 0.15) is 23.9 Å². The van der Waals surface area contributed by atoms with Crippen molar-refractivity contribution in [3.63, 3.8) is 0 Å². The second kappa shape index (κ2) is 9.01. The van der Waals surface area contributed by atoms with Crippen LogP contribution in [0.25, 0.3) is 5.52 Å². The Morgan fingerprint density at radius 3 is 2.96 bits per heavy atom. The molecule has 10 heteroatoms. The molecule has 0 aromatic carbocycles. The SMILES string of the molecule is CC#Cc1c(C[C@@H](N)COC(F)F)cc2c(NCc3ccco3)nc(Cl)nn12. The summed E-state index contributed by atoms with van der Waals surface area (Å²) >= 11 is 6.07. The smallest absolute Gasteiger partial charge is 0.345 e. The quantitative estimate of drug-likeness (QED) is 0.556. The number of nitrogens with two attached hydrogens (primary N) is 1. The summed E-state index contributed by atoms with van der Waals surface area (Å²) in [6, 6.07) is 4.79. The lowest BCUT2D eigenvalue weighted by atomic mass is 10.1. The first-order chi connectivity index (χ1) is 13.5. The molecule has 7 nitrogen and oxygen atoms in total. The van der Waals surface area contributed by atoms with E-state index < -0.39 is 12.7 Å². The highest BCUT2D eigenvalue weighted by atomic mass is 35.5. The molecule has 0 aliphatic rings. The molecule has 3 aromatic rings. The minimum Gasteiger partial charge on any atom is -0.467 e. The summed E-state index contributed by atoms with van der Waals surface area (Å²) in [5, 5.41) is 7.40. The Kier molecular flexibility index (Phi) is 6.46. The summed E-state index contributed by atoms with van der Waals surface area (Å²) in [4.78, 5) is 4.23. The van der Waals surface area contributed by atoms with Crippen molar-refractivity contribution in [1.82, 2.24) is 14.6 Å². The zero-order chi connectivity index (χ0) is 20.1. The van der Waals surface area contributed by atoms with Crippen LogP contribution in [0.2, 0.25) is 5.28 Å². The highest BCUT2D eigenvalue weighted by molar-refractivity contribution is 6.28. The zero-order valence-corrected chi connectivity index (χ0v) is 15.7. The van der Waals surface area contributed by atoms with Gasteiger partial charge in [0.15, 0.2) is 5.82 Å². The number of furan rings is 1. The number of anilines is 1.